The van der Waals surface area contributed by atoms with Crippen LogP contribution in [-0.4, -0.2) is 16.1 Å². The molecule has 0 bridgehead atoms. The minimum Gasteiger partial charge on any atom is -0.326 e. The summed E-state index contributed by atoms with van der Waals surface area (Å²) in [6.45, 7) is 1.67. The number of halogens is 6. The summed E-state index contributed by atoms with van der Waals surface area (Å²) in [5.74, 6) is -2.58. The van der Waals surface area contributed by atoms with Crippen LogP contribution in [0.1, 0.15) is 27.4 Å². The standard InChI is InChI=1S/C24H16Cl5FN2O2/c1-11-8-13(30)3-7-19(11)32-22(33)15-10-14(4-6-16(15)25)31-23(34)21-20(24(21,28)29)12-2-5-17(26)18(27)9-12/h2-10,20-21H,1H3,(H,31,34)(H,32,33)/t20-,21+/m1/s1. The average molecular weight is 561 g/mol. The Morgan fingerprint density at radius 1 is 0.882 bits per heavy atom. The van der Waals surface area contributed by atoms with E-state index in [1.165, 1.54) is 30.3 Å². The van der Waals surface area contributed by atoms with Gasteiger partial charge in [-0.3, -0.25) is 9.59 Å². The zero-order chi connectivity index (χ0) is 24.8. The van der Waals surface area contributed by atoms with E-state index in [1.807, 2.05) is 0 Å². The zero-order valence-corrected chi connectivity index (χ0v) is 21.2. The van der Waals surface area contributed by atoms with E-state index in [4.69, 9.17) is 58.0 Å². The maximum Gasteiger partial charge on any atom is 0.257 e. The molecule has 34 heavy (non-hydrogen) atoms. The number of anilines is 2. The number of aryl methyl sites for hydroxylation is 1. The van der Waals surface area contributed by atoms with Gasteiger partial charge in [0.15, 0.2) is 0 Å². The summed E-state index contributed by atoms with van der Waals surface area (Å²) in [5, 5.41) is 6.32. The number of amides is 2. The number of benzene rings is 3. The molecule has 1 aliphatic rings. The van der Waals surface area contributed by atoms with Crippen LogP contribution >= 0.6 is 58.0 Å². The normalized spacial score (nSPS) is 18.3. The predicted molar refractivity (Wildman–Crippen MR) is 136 cm³/mol. The fraction of sp³-hybridized carbons (Fsp3) is 0.167. The van der Waals surface area contributed by atoms with E-state index in [0.717, 1.165) is 0 Å². The summed E-state index contributed by atoms with van der Waals surface area (Å²) >= 11 is 31.1. The third-order valence-corrected chi connectivity index (χ3v) is 7.56. The van der Waals surface area contributed by atoms with Gasteiger partial charge in [0.2, 0.25) is 5.91 Å². The van der Waals surface area contributed by atoms with Gasteiger partial charge in [0.05, 0.1) is 26.5 Å². The number of hydrogen-bond donors (Lipinski definition) is 2. The summed E-state index contributed by atoms with van der Waals surface area (Å²) in [4.78, 5) is 25.7. The first kappa shape index (κ1) is 25.1. The molecule has 2 atom stereocenters. The quantitative estimate of drug-likeness (QED) is 0.312. The Kier molecular flexibility index (Phi) is 7.05. The van der Waals surface area contributed by atoms with Crippen molar-refractivity contribution in [2.45, 2.75) is 17.2 Å². The first-order valence-electron chi connectivity index (χ1n) is 9.99. The molecule has 2 amide bonds. The minimum absolute atomic E-state index is 0.128. The fourth-order valence-electron chi connectivity index (χ4n) is 3.73. The van der Waals surface area contributed by atoms with Crippen molar-refractivity contribution in [1.29, 1.82) is 0 Å². The van der Waals surface area contributed by atoms with Crippen molar-refractivity contribution in [3.8, 4) is 0 Å². The van der Waals surface area contributed by atoms with E-state index >= 15 is 0 Å². The largest absolute Gasteiger partial charge is 0.326 e. The van der Waals surface area contributed by atoms with Crippen molar-refractivity contribution in [3.63, 3.8) is 0 Å². The molecule has 10 heteroatoms. The van der Waals surface area contributed by atoms with Gasteiger partial charge >= 0.3 is 0 Å². The molecule has 0 radical (unpaired) electrons. The molecule has 0 spiro atoms. The Labute approximate surface area is 220 Å². The van der Waals surface area contributed by atoms with E-state index in [-0.39, 0.29) is 10.6 Å². The average Bonchev–Trinajstić information content (AvgIpc) is 3.35. The number of nitrogens with one attached hydrogen (secondary N) is 2. The lowest BCUT2D eigenvalue weighted by Gasteiger charge is -2.12. The number of hydrogen-bond acceptors (Lipinski definition) is 2. The third kappa shape index (κ3) is 5.00. The van der Waals surface area contributed by atoms with Crippen LogP contribution in [0.2, 0.25) is 15.1 Å². The van der Waals surface area contributed by atoms with Gasteiger partial charge in [0.1, 0.15) is 10.2 Å². The summed E-state index contributed by atoms with van der Waals surface area (Å²) < 4.78 is 12.0. The van der Waals surface area contributed by atoms with Gasteiger partial charge in [0.25, 0.3) is 5.91 Å². The minimum atomic E-state index is -1.33. The van der Waals surface area contributed by atoms with Gasteiger partial charge in [-0.15, -0.1) is 23.2 Å². The topological polar surface area (TPSA) is 58.2 Å². The molecular weight excluding hydrogens is 545 g/mol. The van der Waals surface area contributed by atoms with Gasteiger partial charge in [0, 0.05) is 17.3 Å². The molecule has 0 unspecified atom stereocenters. The van der Waals surface area contributed by atoms with Crippen LogP contribution in [0.4, 0.5) is 15.8 Å². The fourth-order valence-corrected chi connectivity index (χ4v) is 5.07. The molecule has 0 aliphatic heterocycles. The van der Waals surface area contributed by atoms with E-state index in [9.17, 15) is 14.0 Å². The van der Waals surface area contributed by atoms with Crippen molar-refractivity contribution < 1.29 is 14.0 Å². The van der Waals surface area contributed by atoms with E-state index < -0.39 is 33.8 Å². The zero-order valence-electron chi connectivity index (χ0n) is 17.4. The highest BCUT2D eigenvalue weighted by atomic mass is 35.5. The van der Waals surface area contributed by atoms with Crippen molar-refractivity contribution in [2.24, 2.45) is 5.92 Å². The van der Waals surface area contributed by atoms with Gasteiger partial charge in [-0.2, -0.15) is 0 Å². The number of alkyl halides is 2. The van der Waals surface area contributed by atoms with Crippen LogP contribution < -0.4 is 10.6 Å². The van der Waals surface area contributed by atoms with Crippen LogP contribution in [0.5, 0.6) is 0 Å². The van der Waals surface area contributed by atoms with Crippen LogP contribution in [-0.2, 0) is 4.79 Å². The Hall–Kier alpha value is -2.02. The first-order chi connectivity index (χ1) is 16.0. The van der Waals surface area contributed by atoms with Crippen molar-refractivity contribution in [2.75, 3.05) is 10.6 Å². The van der Waals surface area contributed by atoms with E-state index in [0.29, 0.717) is 32.5 Å². The van der Waals surface area contributed by atoms with Crippen molar-refractivity contribution in [1.82, 2.24) is 0 Å². The smallest absolute Gasteiger partial charge is 0.257 e. The maximum absolute atomic E-state index is 13.3. The van der Waals surface area contributed by atoms with Crippen molar-refractivity contribution >= 4 is 81.2 Å². The molecule has 0 heterocycles. The lowest BCUT2D eigenvalue weighted by molar-refractivity contribution is -0.117. The van der Waals surface area contributed by atoms with Gasteiger partial charge in [-0.1, -0.05) is 40.9 Å². The molecule has 2 N–H and O–H groups in total. The van der Waals surface area contributed by atoms with Crippen LogP contribution in [0.15, 0.2) is 54.6 Å². The molecular formula is C24H16Cl5FN2O2. The predicted octanol–water partition coefficient (Wildman–Crippen LogP) is 7.87. The van der Waals surface area contributed by atoms with Crippen molar-refractivity contribution in [3.05, 3.63) is 92.2 Å². The van der Waals surface area contributed by atoms with Crippen LogP contribution in [0, 0.1) is 18.7 Å². The number of carbonyl (C=O) groups is 2. The van der Waals surface area contributed by atoms with Gasteiger partial charge in [-0.05, 0) is 66.6 Å². The molecule has 1 saturated carbocycles. The third-order valence-electron chi connectivity index (χ3n) is 5.55. The molecule has 0 aromatic heterocycles. The Bertz CT molecular complexity index is 1310. The highest BCUT2D eigenvalue weighted by Crippen LogP contribution is 2.65. The number of rotatable bonds is 5. The molecule has 3 aromatic rings. The molecule has 1 fully saturated rings. The molecule has 3 aromatic carbocycles. The van der Waals surface area contributed by atoms with Gasteiger partial charge in [-0.25, -0.2) is 4.39 Å². The summed E-state index contributed by atoms with van der Waals surface area (Å²) in [6.07, 6.45) is 0. The second-order valence-electron chi connectivity index (χ2n) is 7.90. The van der Waals surface area contributed by atoms with Crippen LogP contribution in [0.25, 0.3) is 0 Å². The molecule has 4 nitrogen and oxygen atoms in total. The lowest BCUT2D eigenvalue weighted by atomic mass is 10.1. The summed E-state index contributed by atoms with van der Waals surface area (Å²) in [5.41, 5.74) is 2.14. The lowest BCUT2D eigenvalue weighted by Crippen LogP contribution is -2.18. The SMILES string of the molecule is Cc1cc(F)ccc1NC(=O)c1cc(NC(=O)[C@@H]2[C@@H](c3ccc(Cl)c(Cl)c3)C2(Cl)Cl)ccc1Cl. The van der Waals surface area contributed by atoms with Gasteiger partial charge < -0.3 is 10.6 Å². The van der Waals surface area contributed by atoms with E-state index in [1.54, 1.807) is 31.2 Å². The molecule has 0 saturated heterocycles. The summed E-state index contributed by atoms with van der Waals surface area (Å²) in [7, 11) is 0. The van der Waals surface area contributed by atoms with E-state index in [2.05, 4.69) is 10.6 Å². The second kappa shape index (κ2) is 9.56. The first-order valence-corrected chi connectivity index (χ1v) is 11.9. The van der Waals surface area contributed by atoms with Crippen LogP contribution in [0.3, 0.4) is 0 Å². The highest BCUT2D eigenvalue weighted by Gasteiger charge is 2.67. The highest BCUT2D eigenvalue weighted by molar-refractivity contribution is 6.53. The monoisotopic (exact) mass is 558 g/mol. The second-order valence-corrected chi connectivity index (χ2v) is 10.6. The number of carbonyl (C=O) groups excluding carboxylic acids is 2. The Balaban J connectivity index is 1.51. The summed E-state index contributed by atoms with van der Waals surface area (Å²) in [6, 6.07) is 13.4. The molecule has 4 rings (SSSR count). The Morgan fingerprint density at radius 3 is 2.26 bits per heavy atom. The Morgan fingerprint density at radius 2 is 1.59 bits per heavy atom. The molecule has 176 valence electrons. The molecule has 1 aliphatic carbocycles. The maximum atomic E-state index is 13.3.